The zero-order valence-electron chi connectivity index (χ0n) is 6.00. The zero-order valence-corrected chi connectivity index (χ0v) is 6.82. The van der Waals surface area contributed by atoms with Crippen molar-refractivity contribution in [3.63, 3.8) is 0 Å². The average molecular weight is 164 g/mol. The van der Waals surface area contributed by atoms with Crippen molar-refractivity contribution < 1.29 is 8.42 Å². The predicted octanol–water partition coefficient (Wildman–Crippen LogP) is -0.454. The molecule has 1 heterocycles. The van der Waals surface area contributed by atoms with Crippen molar-refractivity contribution in [1.82, 2.24) is 9.03 Å². The molecule has 1 saturated heterocycles. The van der Waals surface area contributed by atoms with Gasteiger partial charge in [0.2, 0.25) is 0 Å². The molecule has 60 valence electrons. The van der Waals surface area contributed by atoms with Gasteiger partial charge in [-0.3, -0.25) is 0 Å². The van der Waals surface area contributed by atoms with Crippen LogP contribution in [-0.4, -0.2) is 32.9 Å². The van der Waals surface area contributed by atoms with Gasteiger partial charge in [-0.1, -0.05) is 0 Å². The molecule has 0 amide bonds. The van der Waals surface area contributed by atoms with E-state index in [9.17, 15) is 8.42 Å². The summed E-state index contributed by atoms with van der Waals surface area (Å²) in [5.74, 6) is 0. The van der Waals surface area contributed by atoms with Crippen LogP contribution in [0.25, 0.3) is 0 Å². The third kappa shape index (κ3) is 1.47. The van der Waals surface area contributed by atoms with Gasteiger partial charge in [-0.2, -0.15) is 12.7 Å². The van der Waals surface area contributed by atoms with E-state index in [1.54, 1.807) is 0 Å². The van der Waals surface area contributed by atoms with Crippen molar-refractivity contribution in [2.75, 3.05) is 20.1 Å². The van der Waals surface area contributed by atoms with Gasteiger partial charge < -0.3 is 0 Å². The summed E-state index contributed by atoms with van der Waals surface area (Å²) in [6.07, 6.45) is 1.97. The minimum atomic E-state index is -3.11. The molecule has 0 radical (unpaired) electrons. The molecule has 5 heteroatoms. The fraction of sp³-hybridized carbons (Fsp3) is 1.00. The first-order valence-corrected chi connectivity index (χ1v) is 4.79. The molecule has 0 saturated carbocycles. The quantitative estimate of drug-likeness (QED) is 0.600. The summed E-state index contributed by atoms with van der Waals surface area (Å²) in [5, 5.41) is 0. The second-order valence-electron chi connectivity index (χ2n) is 2.32. The monoisotopic (exact) mass is 164 g/mol. The third-order valence-corrected chi connectivity index (χ3v) is 3.22. The lowest BCUT2D eigenvalue weighted by Crippen LogP contribution is -2.36. The van der Waals surface area contributed by atoms with Crippen molar-refractivity contribution in [3.05, 3.63) is 0 Å². The maximum absolute atomic E-state index is 11.0. The number of nitrogens with one attached hydrogen (secondary N) is 1. The van der Waals surface area contributed by atoms with Gasteiger partial charge in [-0.15, -0.1) is 0 Å². The predicted molar refractivity (Wildman–Crippen MR) is 38.8 cm³/mol. The molecule has 0 aromatic carbocycles. The molecule has 0 aromatic rings. The Labute approximate surface area is 61.4 Å². The SMILES string of the molecule is CNS(=O)(=O)N1CCCC1. The number of nitrogens with zero attached hydrogens (tertiary/aromatic N) is 1. The van der Waals surface area contributed by atoms with Crippen LogP contribution >= 0.6 is 0 Å². The summed E-state index contributed by atoms with van der Waals surface area (Å²) in [6.45, 7) is 1.34. The topological polar surface area (TPSA) is 49.4 Å². The smallest absolute Gasteiger partial charge is 0.205 e. The summed E-state index contributed by atoms with van der Waals surface area (Å²) < 4.78 is 25.8. The van der Waals surface area contributed by atoms with Crippen LogP contribution in [0.4, 0.5) is 0 Å². The highest BCUT2D eigenvalue weighted by Crippen LogP contribution is 2.10. The molecule has 0 atom stereocenters. The highest BCUT2D eigenvalue weighted by atomic mass is 32.2. The van der Waals surface area contributed by atoms with Crippen molar-refractivity contribution in [2.24, 2.45) is 0 Å². The third-order valence-electron chi connectivity index (χ3n) is 1.66. The summed E-state index contributed by atoms with van der Waals surface area (Å²) in [7, 11) is -1.68. The van der Waals surface area contributed by atoms with Crippen molar-refractivity contribution in [1.29, 1.82) is 0 Å². The molecular weight excluding hydrogens is 152 g/mol. The molecule has 1 rings (SSSR count). The molecule has 1 N–H and O–H groups in total. The van der Waals surface area contributed by atoms with E-state index in [-0.39, 0.29) is 0 Å². The Morgan fingerprint density at radius 1 is 1.30 bits per heavy atom. The molecule has 1 aliphatic heterocycles. The Kier molecular flexibility index (Phi) is 2.28. The van der Waals surface area contributed by atoms with Gasteiger partial charge in [0.05, 0.1) is 0 Å². The van der Waals surface area contributed by atoms with Crippen LogP contribution in [0, 0.1) is 0 Å². The van der Waals surface area contributed by atoms with Gasteiger partial charge >= 0.3 is 0 Å². The largest absolute Gasteiger partial charge is 0.279 e. The van der Waals surface area contributed by atoms with Gasteiger partial charge in [-0.25, -0.2) is 4.72 Å². The molecule has 10 heavy (non-hydrogen) atoms. The van der Waals surface area contributed by atoms with E-state index in [2.05, 4.69) is 4.72 Å². The average Bonchev–Trinajstić information content (AvgIpc) is 2.38. The molecular formula is C5H12N2O2S. The Balaban J connectivity index is 2.63. The van der Waals surface area contributed by atoms with Gasteiger partial charge in [-0.05, 0) is 12.8 Å². The van der Waals surface area contributed by atoms with E-state index in [1.807, 2.05) is 0 Å². The molecule has 0 bridgehead atoms. The fourth-order valence-electron chi connectivity index (χ4n) is 1.06. The van der Waals surface area contributed by atoms with Crippen LogP contribution in [-0.2, 0) is 10.2 Å². The van der Waals surface area contributed by atoms with Crippen molar-refractivity contribution >= 4 is 10.2 Å². The van der Waals surface area contributed by atoms with Gasteiger partial charge in [0.25, 0.3) is 10.2 Å². The highest BCUT2D eigenvalue weighted by molar-refractivity contribution is 7.87. The van der Waals surface area contributed by atoms with E-state index in [1.165, 1.54) is 11.4 Å². The lowest BCUT2D eigenvalue weighted by Gasteiger charge is -2.12. The molecule has 0 spiro atoms. The minimum Gasteiger partial charge on any atom is -0.205 e. The van der Waals surface area contributed by atoms with Gasteiger partial charge in [0.1, 0.15) is 0 Å². The molecule has 4 nitrogen and oxygen atoms in total. The second-order valence-corrected chi connectivity index (χ2v) is 4.19. The standard InChI is InChI=1S/C5H12N2O2S/c1-6-10(8,9)7-4-2-3-5-7/h6H,2-5H2,1H3. The van der Waals surface area contributed by atoms with Crippen LogP contribution in [0.5, 0.6) is 0 Å². The Morgan fingerprint density at radius 2 is 1.80 bits per heavy atom. The first-order chi connectivity index (χ1) is 4.67. The van der Waals surface area contributed by atoms with E-state index in [0.29, 0.717) is 13.1 Å². The molecule has 1 aliphatic rings. The summed E-state index contributed by atoms with van der Waals surface area (Å²) in [5.41, 5.74) is 0. The second kappa shape index (κ2) is 2.86. The van der Waals surface area contributed by atoms with Gasteiger partial charge in [0, 0.05) is 20.1 Å². The van der Waals surface area contributed by atoms with Crippen LogP contribution in [0.1, 0.15) is 12.8 Å². The first kappa shape index (κ1) is 7.97. The first-order valence-electron chi connectivity index (χ1n) is 3.35. The molecule has 0 aliphatic carbocycles. The Morgan fingerprint density at radius 3 is 2.20 bits per heavy atom. The van der Waals surface area contributed by atoms with E-state index < -0.39 is 10.2 Å². The van der Waals surface area contributed by atoms with E-state index >= 15 is 0 Å². The molecule has 1 fully saturated rings. The summed E-state index contributed by atoms with van der Waals surface area (Å²) in [4.78, 5) is 0. The highest BCUT2D eigenvalue weighted by Gasteiger charge is 2.22. The van der Waals surface area contributed by atoms with Crippen molar-refractivity contribution in [2.45, 2.75) is 12.8 Å². The maximum atomic E-state index is 11.0. The minimum absolute atomic E-state index is 0.670. The van der Waals surface area contributed by atoms with Crippen LogP contribution in [0.15, 0.2) is 0 Å². The zero-order chi connectivity index (χ0) is 7.61. The lowest BCUT2D eigenvalue weighted by molar-refractivity contribution is 0.470. The number of hydrogen-bond donors (Lipinski definition) is 1. The van der Waals surface area contributed by atoms with Crippen molar-refractivity contribution in [3.8, 4) is 0 Å². The summed E-state index contributed by atoms with van der Waals surface area (Å²) in [6, 6.07) is 0. The number of rotatable bonds is 2. The normalized spacial score (nSPS) is 21.7. The van der Waals surface area contributed by atoms with E-state index in [0.717, 1.165) is 12.8 Å². The van der Waals surface area contributed by atoms with Crippen LogP contribution < -0.4 is 4.72 Å². The fourth-order valence-corrected chi connectivity index (χ4v) is 2.05. The lowest BCUT2D eigenvalue weighted by atomic mass is 10.4. The number of hydrogen-bond acceptors (Lipinski definition) is 2. The van der Waals surface area contributed by atoms with Crippen LogP contribution in [0.3, 0.4) is 0 Å². The maximum Gasteiger partial charge on any atom is 0.279 e. The van der Waals surface area contributed by atoms with Crippen LogP contribution in [0.2, 0.25) is 0 Å². The molecule has 0 aromatic heterocycles. The molecule has 0 unspecified atom stereocenters. The van der Waals surface area contributed by atoms with E-state index in [4.69, 9.17) is 0 Å². The van der Waals surface area contributed by atoms with Gasteiger partial charge in [0.15, 0.2) is 0 Å². The Hall–Kier alpha value is -0.130. The Bertz CT molecular complexity index is 194. The summed E-state index contributed by atoms with van der Waals surface area (Å²) >= 11 is 0.